The van der Waals surface area contributed by atoms with Gasteiger partial charge in [0.05, 0.1) is 25.7 Å². The lowest BCUT2D eigenvalue weighted by atomic mass is 10.2. The molecule has 1 aromatic heterocycles. The van der Waals surface area contributed by atoms with Crippen LogP contribution in [0.5, 0.6) is 0 Å². The van der Waals surface area contributed by atoms with Crippen LogP contribution >= 0.6 is 22.9 Å². The molecule has 2 aromatic carbocycles. The topological polar surface area (TPSA) is 79.4 Å². The van der Waals surface area contributed by atoms with Gasteiger partial charge in [0.15, 0.2) is 5.13 Å². The zero-order valence-electron chi connectivity index (χ0n) is 15.9. The highest BCUT2D eigenvalue weighted by Crippen LogP contribution is 2.29. The number of aromatic nitrogens is 1. The van der Waals surface area contributed by atoms with E-state index in [0.29, 0.717) is 5.13 Å². The Hall–Kier alpha value is -2.00. The fourth-order valence-electron chi connectivity index (χ4n) is 2.59. The zero-order chi connectivity index (χ0) is 20.6. The van der Waals surface area contributed by atoms with E-state index in [2.05, 4.69) is 10.3 Å². The van der Waals surface area contributed by atoms with E-state index < -0.39 is 15.9 Å². The summed E-state index contributed by atoms with van der Waals surface area (Å²) in [6.45, 7) is 5.50. The van der Waals surface area contributed by atoms with Crippen molar-refractivity contribution >= 4 is 54.2 Å². The lowest BCUT2D eigenvalue weighted by Crippen LogP contribution is -2.33. The van der Waals surface area contributed by atoms with Crippen molar-refractivity contribution in [1.82, 2.24) is 9.29 Å². The number of thiazole rings is 1. The number of para-hydroxylation sites is 1. The number of anilines is 1. The first kappa shape index (κ1) is 20.7. The molecule has 3 rings (SSSR count). The Morgan fingerprint density at radius 1 is 1.25 bits per heavy atom. The molecular formula is C19H20ClN3O3S2. The predicted molar refractivity (Wildman–Crippen MR) is 114 cm³/mol. The molecule has 0 aliphatic heterocycles. The summed E-state index contributed by atoms with van der Waals surface area (Å²) >= 11 is 7.51. The van der Waals surface area contributed by atoms with Gasteiger partial charge in [-0.05, 0) is 50.6 Å². The number of sulfonamides is 1. The monoisotopic (exact) mass is 437 g/mol. The van der Waals surface area contributed by atoms with Crippen molar-refractivity contribution in [2.75, 3.05) is 12.4 Å². The molecule has 0 radical (unpaired) electrons. The van der Waals surface area contributed by atoms with Gasteiger partial charge in [0.25, 0.3) is 5.91 Å². The highest BCUT2D eigenvalue weighted by Gasteiger charge is 2.25. The summed E-state index contributed by atoms with van der Waals surface area (Å²) < 4.78 is 27.6. The molecular weight excluding hydrogens is 418 g/mol. The molecule has 0 atom stereocenters. The van der Waals surface area contributed by atoms with Crippen LogP contribution in [0.3, 0.4) is 0 Å². The molecule has 0 saturated heterocycles. The third-order valence-electron chi connectivity index (χ3n) is 4.43. The maximum absolute atomic E-state index is 12.7. The van der Waals surface area contributed by atoms with Gasteiger partial charge in [-0.3, -0.25) is 10.1 Å². The minimum Gasteiger partial charge on any atom is -0.298 e. The lowest BCUT2D eigenvalue weighted by Gasteiger charge is -2.21. The fourth-order valence-corrected chi connectivity index (χ4v) is 5.12. The number of hydrogen-bond donors (Lipinski definition) is 1. The van der Waals surface area contributed by atoms with E-state index in [9.17, 15) is 13.2 Å². The van der Waals surface area contributed by atoms with E-state index in [-0.39, 0.29) is 21.5 Å². The molecule has 0 aliphatic rings. The highest BCUT2D eigenvalue weighted by atomic mass is 35.5. The SMILES string of the molecule is Cc1cccc2sc(NC(=O)c3cc(S(=O)(=O)N(C)C(C)C)ccc3Cl)nc12. The van der Waals surface area contributed by atoms with Crippen molar-refractivity contribution in [3.63, 3.8) is 0 Å². The van der Waals surface area contributed by atoms with Crippen LogP contribution in [0.1, 0.15) is 29.8 Å². The largest absolute Gasteiger partial charge is 0.298 e. The van der Waals surface area contributed by atoms with Gasteiger partial charge >= 0.3 is 0 Å². The van der Waals surface area contributed by atoms with Crippen LogP contribution in [0.4, 0.5) is 5.13 Å². The molecule has 0 bridgehead atoms. The van der Waals surface area contributed by atoms with Crippen molar-refractivity contribution in [2.24, 2.45) is 0 Å². The molecule has 28 heavy (non-hydrogen) atoms. The molecule has 0 unspecified atom stereocenters. The average Bonchev–Trinajstić information content (AvgIpc) is 3.04. The van der Waals surface area contributed by atoms with Crippen LogP contribution in [0.2, 0.25) is 5.02 Å². The van der Waals surface area contributed by atoms with E-state index in [1.54, 1.807) is 13.8 Å². The second-order valence-electron chi connectivity index (χ2n) is 6.65. The Morgan fingerprint density at radius 3 is 2.61 bits per heavy atom. The number of carbonyl (C=O) groups is 1. The van der Waals surface area contributed by atoms with Crippen molar-refractivity contribution in [2.45, 2.75) is 31.7 Å². The van der Waals surface area contributed by atoms with E-state index in [4.69, 9.17) is 11.6 Å². The quantitative estimate of drug-likeness (QED) is 0.635. The minimum absolute atomic E-state index is 0.0124. The average molecular weight is 438 g/mol. The summed E-state index contributed by atoms with van der Waals surface area (Å²) in [6.07, 6.45) is 0. The molecule has 0 spiro atoms. The van der Waals surface area contributed by atoms with Crippen LogP contribution in [0.25, 0.3) is 10.2 Å². The second-order valence-corrected chi connectivity index (χ2v) is 10.1. The van der Waals surface area contributed by atoms with Gasteiger partial charge in [-0.2, -0.15) is 4.31 Å². The number of halogens is 1. The maximum Gasteiger partial charge on any atom is 0.259 e. The molecule has 0 saturated carbocycles. The summed E-state index contributed by atoms with van der Waals surface area (Å²) in [4.78, 5) is 17.2. The number of fused-ring (bicyclic) bond motifs is 1. The molecule has 1 heterocycles. The Labute approximate surface area is 173 Å². The van der Waals surface area contributed by atoms with Crippen LogP contribution in [0.15, 0.2) is 41.3 Å². The highest BCUT2D eigenvalue weighted by molar-refractivity contribution is 7.89. The van der Waals surface area contributed by atoms with Crippen molar-refractivity contribution in [3.8, 4) is 0 Å². The van der Waals surface area contributed by atoms with Crippen LogP contribution in [-0.2, 0) is 10.0 Å². The van der Waals surface area contributed by atoms with Gasteiger partial charge < -0.3 is 0 Å². The number of amides is 1. The van der Waals surface area contributed by atoms with Gasteiger partial charge in [0, 0.05) is 13.1 Å². The van der Waals surface area contributed by atoms with Crippen LogP contribution in [0, 0.1) is 6.92 Å². The van der Waals surface area contributed by atoms with Gasteiger partial charge in [-0.15, -0.1) is 0 Å². The molecule has 1 N–H and O–H groups in total. The number of nitrogens with one attached hydrogen (secondary N) is 1. The first-order valence-electron chi connectivity index (χ1n) is 8.56. The van der Waals surface area contributed by atoms with Crippen LogP contribution in [-0.4, -0.2) is 36.7 Å². The Kier molecular flexibility index (Phi) is 5.77. The lowest BCUT2D eigenvalue weighted by molar-refractivity contribution is 0.102. The first-order chi connectivity index (χ1) is 13.1. The second kappa shape index (κ2) is 7.79. The Morgan fingerprint density at radius 2 is 1.96 bits per heavy atom. The molecule has 9 heteroatoms. The molecule has 0 aliphatic carbocycles. The van der Waals surface area contributed by atoms with E-state index in [0.717, 1.165) is 15.8 Å². The number of hydrogen-bond acceptors (Lipinski definition) is 5. The number of rotatable bonds is 5. The summed E-state index contributed by atoms with van der Waals surface area (Å²) in [7, 11) is -2.23. The van der Waals surface area contributed by atoms with Crippen molar-refractivity contribution in [1.29, 1.82) is 0 Å². The Bertz CT molecular complexity index is 1160. The number of carbonyl (C=O) groups excluding carboxylic acids is 1. The summed E-state index contributed by atoms with van der Waals surface area (Å²) in [6, 6.07) is 9.70. The van der Waals surface area contributed by atoms with Crippen molar-refractivity contribution < 1.29 is 13.2 Å². The van der Waals surface area contributed by atoms with Gasteiger partial charge in [0.1, 0.15) is 0 Å². The van der Waals surface area contributed by atoms with Crippen molar-refractivity contribution in [3.05, 3.63) is 52.5 Å². The van der Waals surface area contributed by atoms with Gasteiger partial charge in [-0.1, -0.05) is 35.1 Å². The normalized spacial score (nSPS) is 12.1. The number of nitrogens with zero attached hydrogens (tertiary/aromatic N) is 2. The first-order valence-corrected chi connectivity index (χ1v) is 11.2. The molecule has 3 aromatic rings. The number of benzene rings is 2. The third kappa shape index (κ3) is 3.91. The van der Waals surface area contributed by atoms with Gasteiger partial charge in [-0.25, -0.2) is 13.4 Å². The van der Waals surface area contributed by atoms with Gasteiger partial charge in [0.2, 0.25) is 10.0 Å². The van der Waals surface area contributed by atoms with E-state index in [1.807, 2.05) is 25.1 Å². The Balaban J connectivity index is 1.94. The molecule has 1 amide bonds. The maximum atomic E-state index is 12.7. The number of aryl methyl sites for hydroxylation is 1. The summed E-state index contributed by atoms with van der Waals surface area (Å²) in [5, 5.41) is 3.32. The molecule has 0 fully saturated rings. The standard InChI is InChI=1S/C19H20ClN3O3S2/c1-11(2)23(4)28(25,26)13-8-9-15(20)14(10-13)18(24)22-19-21-17-12(3)6-5-7-16(17)27-19/h5-11H,1-4H3,(H,21,22,24). The minimum atomic E-state index is -3.73. The molecule has 148 valence electrons. The van der Waals surface area contributed by atoms with E-state index in [1.165, 1.54) is 40.9 Å². The molecule has 6 nitrogen and oxygen atoms in total. The summed E-state index contributed by atoms with van der Waals surface area (Å²) in [5.74, 6) is -0.508. The smallest absolute Gasteiger partial charge is 0.259 e. The fraction of sp³-hybridized carbons (Fsp3) is 0.263. The summed E-state index contributed by atoms with van der Waals surface area (Å²) in [5.41, 5.74) is 1.91. The van der Waals surface area contributed by atoms with E-state index >= 15 is 0 Å². The predicted octanol–water partition coefficient (Wildman–Crippen LogP) is 4.54. The third-order valence-corrected chi connectivity index (χ3v) is 7.72. The van der Waals surface area contributed by atoms with Crippen LogP contribution < -0.4 is 5.32 Å². The zero-order valence-corrected chi connectivity index (χ0v) is 18.2.